The molecule has 1 aliphatic carbocycles. The zero-order valence-electron chi connectivity index (χ0n) is 14.7. The highest BCUT2D eigenvalue weighted by atomic mass is 32.1. The maximum Gasteiger partial charge on any atom is 0.187 e. The summed E-state index contributed by atoms with van der Waals surface area (Å²) in [6, 6.07) is 16.3. The second kappa shape index (κ2) is 7.48. The highest BCUT2D eigenvalue weighted by Crippen LogP contribution is 2.40. The smallest absolute Gasteiger partial charge is 0.187 e. The fraction of sp³-hybridized carbons (Fsp3) is 0.286. The average Bonchev–Trinajstić information content (AvgIpc) is 3.08. The SMILES string of the molecule is CCOc1c(Nc2nc3c(s2)CCCC3O)cccc1-c1ccccc1. The van der Waals surface area contributed by atoms with Crippen LogP contribution in [0.5, 0.6) is 5.75 Å². The predicted octanol–water partition coefficient (Wildman–Crippen LogP) is 5.32. The number of aliphatic hydroxyl groups excluding tert-OH is 1. The summed E-state index contributed by atoms with van der Waals surface area (Å²) in [5.74, 6) is 0.829. The van der Waals surface area contributed by atoms with Crippen molar-refractivity contribution in [1.82, 2.24) is 4.98 Å². The summed E-state index contributed by atoms with van der Waals surface area (Å²) in [6.07, 6.45) is 2.37. The van der Waals surface area contributed by atoms with E-state index in [0.717, 1.165) is 52.7 Å². The molecule has 1 unspecified atom stereocenters. The lowest BCUT2D eigenvalue weighted by Crippen LogP contribution is -2.07. The first-order chi connectivity index (χ1) is 12.8. The van der Waals surface area contributed by atoms with Crippen LogP contribution in [0.15, 0.2) is 48.5 Å². The molecular formula is C21H22N2O2S. The topological polar surface area (TPSA) is 54.4 Å². The van der Waals surface area contributed by atoms with Crippen LogP contribution in [-0.4, -0.2) is 16.7 Å². The van der Waals surface area contributed by atoms with Gasteiger partial charge in [-0.1, -0.05) is 42.5 Å². The molecule has 0 spiro atoms. The van der Waals surface area contributed by atoms with E-state index in [2.05, 4.69) is 28.5 Å². The van der Waals surface area contributed by atoms with E-state index in [1.54, 1.807) is 11.3 Å². The molecule has 0 bridgehead atoms. The maximum absolute atomic E-state index is 10.2. The van der Waals surface area contributed by atoms with Crippen LogP contribution in [0.2, 0.25) is 0 Å². The molecule has 4 rings (SSSR count). The summed E-state index contributed by atoms with van der Waals surface area (Å²) in [5, 5.41) is 14.4. The maximum atomic E-state index is 10.2. The number of aromatic nitrogens is 1. The Kier molecular flexibility index (Phi) is 4.91. The van der Waals surface area contributed by atoms with E-state index in [0.29, 0.717) is 6.61 Å². The Labute approximate surface area is 157 Å². The van der Waals surface area contributed by atoms with Gasteiger partial charge in [0.2, 0.25) is 0 Å². The summed E-state index contributed by atoms with van der Waals surface area (Å²) in [4.78, 5) is 5.82. The molecule has 26 heavy (non-hydrogen) atoms. The van der Waals surface area contributed by atoms with Crippen LogP contribution in [0.3, 0.4) is 0 Å². The number of para-hydroxylation sites is 1. The van der Waals surface area contributed by atoms with Crippen LogP contribution in [0, 0.1) is 0 Å². The Morgan fingerprint density at radius 2 is 2.04 bits per heavy atom. The van der Waals surface area contributed by atoms with Gasteiger partial charge in [0.15, 0.2) is 10.9 Å². The molecule has 1 heterocycles. The van der Waals surface area contributed by atoms with Crippen LogP contribution >= 0.6 is 11.3 Å². The van der Waals surface area contributed by atoms with Gasteiger partial charge in [0.05, 0.1) is 24.1 Å². The van der Waals surface area contributed by atoms with Crippen molar-refractivity contribution in [3.05, 3.63) is 59.1 Å². The van der Waals surface area contributed by atoms with Crippen molar-refractivity contribution in [2.75, 3.05) is 11.9 Å². The summed E-state index contributed by atoms with van der Waals surface area (Å²) >= 11 is 1.62. The van der Waals surface area contributed by atoms with Gasteiger partial charge in [-0.3, -0.25) is 0 Å². The first-order valence-electron chi connectivity index (χ1n) is 9.02. The summed E-state index contributed by atoms with van der Waals surface area (Å²) in [5.41, 5.74) is 3.90. The highest BCUT2D eigenvalue weighted by molar-refractivity contribution is 7.15. The van der Waals surface area contributed by atoms with E-state index in [9.17, 15) is 5.11 Å². The lowest BCUT2D eigenvalue weighted by molar-refractivity contribution is 0.153. The fourth-order valence-corrected chi connectivity index (χ4v) is 4.42. The van der Waals surface area contributed by atoms with Crippen molar-refractivity contribution in [2.24, 2.45) is 0 Å². The fourth-order valence-electron chi connectivity index (χ4n) is 3.34. The number of rotatable bonds is 5. The van der Waals surface area contributed by atoms with Crippen LogP contribution in [0.1, 0.15) is 36.4 Å². The lowest BCUT2D eigenvalue weighted by atomic mass is 10.0. The lowest BCUT2D eigenvalue weighted by Gasteiger charge is -2.15. The molecule has 0 aliphatic heterocycles. The normalized spacial score (nSPS) is 16.2. The Morgan fingerprint density at radius 3 is 2.81 bits per heavy atom. The third-order valence-corrected chi connectivity index (χ3v) is 5.60. The van der Waals surface area contributed by atoms with Crippen molar-refractivity contribution >= 4 is 22.2 Å². The standard InChI is InChI=1S/C21H22N2O2S/c1-2-25-20-15(14-8-4-3-5-9-14)10-6-11-16(20)22-21-23-19-17(24)12-7-13-18(19)26-21/h3-6,8-11,17,24H,2,7,12-13H2,1H3,(H,22,23). The van der Waals surface area contributed by atoms with Crippen molar-refractivity contribution in [3.8, 4) is 16.9 Å². The first-order valence-corrected chi connectivity index (χ1v) is 9.84. The summed E-state index contributed by atoms with van der Waals surface area (Å²) in [7, 11) is 0. The molecule has 5 heteroatoms. The van der Waals surface area contributed by atoms with Gasteiger partial charge in [-0.2, -0.15) is 0 Å². The monoisotopic (exact) mass is 366 g/mol. The molecule has 1 aliphatic rings. The third-order valence-electron chi connectivity index (χ3n) is 4.55. The van der Waals surface area contributed by atoms with Gasteiger partial charge < -0.3 is 15.2 Å². The Morgan fingerprint density at radius 1 is 1.19 bits per heavy atom. The molecule has 134 valence electrons. The van der Waals surface area contributed by atoms with Crippen molar-refractivity contribution < 1.29 is 9.84 Å². The second-order valence-electron chi connectivity index (χ2n) is 6.34. The molecule has 1 atom stereocenters. The molecule has 4 nitrogen and oxygen atoms in total. The molecule has 0 fully saturated rings. The number of hydrogen-bond donors (Lipinski definition) is 2. The third kappa shape index (κ3) is 3.32. The number of thiazole rings is 1. The molecule has 0 radical (unpaired) electrons. The second-order valence-corrected chi connectivity index (χ2v) is 7.43. The quantitative estimate of drug-likeness (QED) is 0.641. The summed E-state index contributed by atoms with van der Waals surface area (Å²) < 4.78 is 5.98. The van der Waals surface area contributed by atoms with Crippen molar-refractivity contribution in [3.63, 3.8) is 0 Å². The van der Waals surface area contributed by atoms with E-state index < -0.39 is 6.10 Å². The molecule has 1 aromatic heterocycles. The molecule has 0 saturated carbocycles. The van der Waals surface area contributed by atoms with Crippen molar-refractivity contribution in [1.29, 1.82) is 0 Å². The molecule has 2 N–H and O–H groups in total. The number of benzene rings is 2. The predicted molar refractivity (Wildman–Crippen MR) is 106 cm³/mol. The Bertz CT molecular complexity index is 892. The van der Waals surface area contributed by atoms with Crippen LogP contribution in [0.25, 0.3) is 11.1 Å². The molecule has 3 aromatic rings. The van der Waals surface area contributed by atoms with Gasteiger partial charge in [-0.25, -0.2) is 4.98 Å². The van der Waals surface area contributed by atoms with Gasteiger partial charge in [0, 0.05) is 10.4 Å². The van der Waals surface area contributed by atoms with Crippen LogP contribution in [-0.2, 0) is 6.42 Å². The average molecular weight is 366 g/mol. The minimum Gasteiger partial charge on any atom is -0.491 e. The number of anilines is 2. The summed E-state index contributed by atoms with van der Waals surface area (Å²) in [6.45, 7) is 2.58. The van der Waals surface area contributed by atoms with Crippen LogP contribution < -0.4 is 10.1 Å². The highest BCUT2D eigenvalue weighted by Gasteiger charge is 2.23. The first kappa shape index (κ1) is 17.1. The van der Waals surface area contributed by atoms with Crippen LogP contribution in [0.4, 0.5) is 10.8 Å². The number of nitrogens with zero attached hydrogens (tertiary/aromatic N) is 1. The largest absolute Gasteiger partial charge is 0.491 e. The minimum absolute atomic E-state index is 0.437. The zero-order chi connectivity index (χ0) is 17.9. The van der Waals surface area contributed by atoms with E-state index in [4.69, 9.17) is 4.74 Å². The van der Waals surface area contributed by atoms with E-state index in [1.807, 2.05) is 37.3 Å². The zero-order valence-corrected chi connectivity index (χ0v) is 15.6. The Hall–Kier alpha value is -2.37. The minimum atomic E-state index is -0.437. The molecular weight excluding hydrogens is 344 g/mol. The van der Waals surface area contributed by atoms with Gasteiger partial charge in [0.1, 0.15) is 0 Å². The van der Waals surface area contributed by atoms with Gasteiger partial charge in [-0.05, 0) is 37.8 Å². The van der Waals surface area contributed by atoms with E-state index in [1.165, 1.54) is 4.88 Å². The Balaban J connectivity index is 1.70. The number of ether oxygens (including phenoxy) is 1. The molecule has 2 aromatic carbocycles. The number of aliphatic hydroxyl groups is 1. The number of hydrogen-bond acceptors (Lipinski definition) is 5. The van der Waals surface area contributed by atoms with Gasteiger partial charge in [-0.15, -0.1) is 11.3 Å². The molecule has 0 saturated heterocycles. The number of nitrogens with one attached hydrogen (secondary N) is 1. The van der Waals surface area contributed by atoms with Gasteiger partial charge in [0.25, 0.3) is 0 Å². The van der Waals surface area contributed by atoms with Gasteiger partial charge >= 0.3 is 0 Å². The molecule has 0 amide bonds. The van der Waals surface area contributed by atoms with Crippen molar-refractivity contribution in [2.45, 2.75) is 32.3 Å². The van der Waals surface area contributed by atoms with E-state index >= 15 is 0 Å². The number of aryl methyl sites for hydroxylation is 1. The van der Waals surface area contributed by atoms with E-state index in [-0.39, 0.29) is 0 Å². The number of fused-ring (bicyclic) bond motifs is 1.